The van der Waals surface area contributed by atoms with Gasteiger partial charge in [-0.1, -0.05) is 75.2 Å². The van der Waals surface area contributed by atoms with Crippen molar-refractivity contribution in [2.24, 2.45) is 11.1 Å². The Hall–Kier alpha value is -2.29. The first-order valence-corrected chi connectivity index (χ1v) is 10.2. The lowest BCUT2D eigenvalue weighted by molar-refractivity contribution is -0.130. The number of nitrogens with zero attached hydrogens (tertiary/aromatic N) is 1. The Balaban J connectivity index is 2.06. The molecule has 1 aliphatic rings. The van der Waals surface area contributed by atoms with Crippen LogP contribution in [-0.2, 0) is 11.3 Å². The molecule has 3 rings (SSSR count). The second kappa shape index (κ2) is 8.16. The summed E-state index contributed by atoms with van der Waals surface area (Å²) in [4.78, 5) is 15.3. The zero-order chi connectivity index (χ0) is 19.4. The molecular formula is C24H32N2O. The summed E-state index contributed by atoms with van der Waals surface area (Å²) in [5.41, 5.74) is 9.42. The fraction of sp³-hybridized carbons (Fsp3) is 0.458. The summed E-state index contributed by atoms with van der Waals surface area (Å²) in [5.74, 6) is -0.00535. The maximum Gasteiger partial charge on any atom is 0.224 e. The average Bonchev–Trinajstić information content (AvgIpc) is 2.94. The van der Waals surface area contributed by atoms with Gasteiger partial charge in [0.25, 0.3) is 0 Å². The molecule has 2 aromatic carbocycles. The summed E-state index contributed by atoms with van der Waals surface area (Å²) in [6.45, 7) is 7.42. The summed E-state index contributed by atoms with van der Waals surface area (Å²) in [7, 11) is 0. The Kier molecular flexibility index (Phi) is 5.88. The molecule has 3 heteroatoms. The number of anilines is 1. The third kappa shape index (κ3) is 3.47. The van der Waals surface area contributed by atoms with Crippen molar-refractivity contribution in [3.63, 3.8) is 0 Å². The van der Waals surface area contributed by atoms with E-state index in [0.29, 0.717) is 0 Å². The number of carbonyl (C=O) groups excluding carboxylic acids is 1. The summed E-state index contributed by atoms with van der Waals surface area (Å²) >= 11 is 0. The van der Waals surface area contributed by atoms with Crippen LogP contribution in [0, 0.1) is 5.41 Å². The van der Waals surface area contributed by atoms with Gasteiger partial charge in [0.2, 0.25) is 5.91 Å². The number of amides is 1. The summed E-state index contributed by atoms with van der Waals surface area (Å²) in [6, 6.07) is 19.4. The molecule has 0 radical (unpaired) electrons. The molecule has 0 aromatic heterocycles. The first-order chi connectivity index (χ1) is 13.0. The van der Waals surface area contributed by atoms with E-state index < -0.39 is 5.41 Å². The molecule has 0 spiro atoms. The van der Waals surface area contributed by atoms with Gasteiger partial charge in [0.1, 0.15) is 0 Å². The quantitative estimate of drug-likeness (QED) is 0.695. The molecule has 0 fully saturated rings. The minimum absolute atomic E-state index is 0.134. The standard InChI is InChI=1S/C24H32N2O/c1-4-15-24(16-5-2,23(25)27)22-18(3)26(17-19-11-7-6-8-12-19)21-14-10-9-13-20(21)22/h6-14,18,22H,4-5,15-17H2,1-3H3,(H2,25,27). The van der Waals surface area contributed by atoms with Crippen molar-refractivity contribution < 1.29 is 4.79 Å². The van der Waals surface area contributed by atoms with Gasteiger partial charge in [-0.2, -0.15) is 0 Å². The van der Waals surface area contributed by atoms with E-state index in [4.69, 9.17) is 5.73 Å². The number of hydrogen-bond acceptors (Lipinski definition) is 2. The number of hydrogen-bond donors (Lipinski definition) is 1. The lowest BCUT2D eigenvalue weighted by Gasteiger charge is -2.40. The number of fused-ring (bicyclic) bond motifs is 1. The molecule has 0 saturated heterocycles. The number of para-hydroxylation sites is 1. The minimum Gasteiger partial charge on any atom is -0.369 e. The highest BCUT2D eigenvalue weighted by Gasteiger charge is 2.51. The van der Waals surface area contributed by atoms with Gasteiger partial charge >= 0.3 is 0 Å². The Morgan fingerprint density at radius 2 is 1.59 bits per heavy atom. The van der Waals surface area contributed by atoms with E-state index in [1.807, 2.05) is 6.07 Å². The van der Waals surface area contributed by atoms with Crippen LogP contribution in [0.3, 0.4) is 0 Å². The number of primary amides is 1. The van der Waals surface area contributed by atoms with Gasteiger partial charge in [-0.25, -0.2) is 0 Å². The fourth-order valence-electron chi connectivity index (χ4n) is 5.17. The molecule has 1 amide bonds. The molecule has 0 aliphatic carbocycles. The maximum atomic E-state index is 12.8. The van der Waals surface area contributed by atoms with Crippen LogP contribution in [0.1, 0.15) is 63.5 Å². The third-order valence-electron chi connectivity index (χ3n) is 6.23. The molecule has 3 nitrogen and oxygen atoms in total. The van der Waals surface area contributed by atoms with Crippen LogP contribution in [-0.4, -0.2) is 11.9 Å². The van der Waals surface area contributed by atoms with E-state index in [2.05, 4.69) is 74.2 Å². The van der Waals surface area contributed by atoms with Crippen LogP contribution in [0.4, 0.5) is 5.69 Å². The molecule has 27 heavy (non-hydrogen) atoms. The minimum atomic E-state index is -0.482. The summed E-state index contributed by atoms with van der Waals surface area (Å²) in [5, 5.41) is 0. The van der Waals surface area contributed by atoms with Crippen molar-refractivity contribution >= 4 is 11.6 Å². The maximum absolute atomic E-state index is 12.8. The van der Waals surface area contributed by atoms with E-state index in [-0.39, 0.29) is 17.9 Å². The Morgan fingerprint density at radius 1 is 1.00 bits per heavy atom. The van der Waals surface area contributed by atoms with Crippen molar-refractivity contribution in [2.45, 2.75) is 65.0 Å². The molecule has 1 aliphatic heterocycles. The van der Waals surface area contributed by atoms with Gasteiger partial charge in [-0.3, -0.25) is 4.79 Å². The van der Waals surface area contributed by atoms with Crippen LogP contribution >= 0.6 is 0 Å². The van der Waals surface area contributed by atoms with Crippen molar-refractivity contribution in [3.8, 4) is 0 Å². The molecule has 1 heterocycles. The third-order valence-corrected chi connectivity index (χ3v) is 6.23. The van der Waals surface area contributed by atoms with Crippen molar-refractivity contribution in [1.29, 1.82) is 0 Å². The zero-order valence-electron chi connectivity index (χ0n) is 16.8. The number of carbonyl (C=O) groups is 1. The number of benzene rings is 2. The van der Waals surface area contributed by atoms with Crippen LogP contribution in [0.15, 0.2) is 54.6 Å². The van der Waals surface area contributed by atoms with E-state index in [0.717, 1.165) is 32.2 Å². The molecular weight excluding hydrogens is 332 g/mol. The first kappa shape index (κ1) is 19.5. The van der Waals surface area contributed by atoms with E-state index in [1.54, 1.807) is 0 Å². The SMILES string of the molecule is CCCC(CCC)(C(N)=O)C1c2ccccc2N(Cc2ccccc2)C1C. The van der Waals surface area contributed by atoms with Crippen molar-refractivity contribution in [2.75, 3.05) is 4.90 Å². The second-order valence-corrected chi connectivity index (χ2v) is 7.91. The van der Waals surface area contributed by atoms with Crippen LogP contribution in [0.25, 0.3) is 0 Å². The molecule has 2 aromatic rings. The lowest BCUT2D eigenvalue weighted by atomic mass is 9.64. The van der Waals surface area contributed by atoms with Crippen LogP contribution < -0.4 is 10.6 Å². The topological polar surface area (TPSA) is 46.3 Å². The Labute approximate surface area is 163 Å². The van der Waals surface area contributed by atoms with E-state index in [9.17, 15) is 4.79 Å². The predicted octanol–water partition coefficient (Wildman–Crippen LogP) is 5.25. The van der Waals surface area contributed by atoms with Gasteiger partial charge < -0.3 is 10.6 Å². The van der Waals surface area contributed by atoms with Gasteiger partial charge in [-0.05, 0) is 37.0 Å². The lowest BCUT2D eigenvalue weighted by Crippen LogP contribution is -2.47. The molecule has 144 valence electrons. The van der Waals surface area contributed by atoms with Gasteiger partial charge in [0.15, 0.2) is 0 Å². The molecule has 2 N–H and O–H groups in total. The van der Waals surface area contributed by atoms with E-state index in [1.165, 1.54) is 16.8 Å². The molecule has 2 unspecified atom stereocenters. The van der Waals surface area contributed by atoms with E-state index >= 15 is 0 Å². The summed E-state index contributed by atoms with van der Waals surface area (Å²) < 4.78 is 0. The average molecular weight is 365 g/mol. The highest BCUT2D eigenvalue weighted by Crippen LogP contribution is 2.54. The molecule has 2 atom stereocenters. The normalized spacial score (nSPS) is 19.1. The predicted molar refractivity (Wildman–Crippen MR) is 113 cm³/mol. The van der Waals surface area contributed by atoms with Crippen LogP contribution in [0.2, 0.25) is 0 Å². The van der Waals surface area contributed by atoms with Gasteiger partial charge in [0, 0.05) is 24.2 Å². The fourth-order valence-corrected chi connectivity index (χ4v) is 5.17. The monoisotopic (exact) mass is 364 g/mol. The van der Waals surface area contributed by atoms with Gasteiger partial charge in [0.05, 0.1) is 5.41 Å². The second-order valence-electron chi connectivity index (χ2n) is 7.91. The van der Waals surface area contributed by atoms with Crippen LogP contribution in [0.5, 0.6) is 0 Å². The van der Waals surface area contributed by atoms with Crippen molar-refractivity contribution in [3.05, 3.63) is 65.7 Å². The number of rotatable bonds is 8. The highest BCUT2D eigenvalue weighted by atomic mass is 16.1. The Morgan fingerprint density at radius 3 is 2.19 bits per heavy atom. The van der Waals surface area contributed by atoms with Crippen molar-refractivity contribution in [1.82, 2.24) is 0 Å². The molecule has 0 bridgehead atoms. The summed E-state index contributed by atoms with van der Waals surface area (Å²) in [6.07, 6.45) is 3.62. The number of nitrogens with two attached hydrogens (primary N) is 1. The largest absolute Gasteiger partial charge is 0.369 e. The molecule has 0 saturated carbocycles. The smallest absolute Gasteiger partial charge is 0.224 e. The highest BCUT2D eigenvalue weighted by molar-refractivity contribution is 5.84. The van der Waals surface area contributed by atoms with Gasteiger partial charge in [-0.15, -0.1) is 0 Å². The first-order valence-electron chi connectivity index (χ1n) is 10.2. The zero-order valence-corrected chi connectivity index (χ0v) is 16.8. The Bertz CT molecular complexity index is 765.